The van der Waals surface area contributed by atoms with Crippen LogP contribution in [0.1, 0.15) is 34.8 Å². The number of benzene rings is 2. The lowest BCUT2D eigenvalue weighted by molar-refractivity contribution is -0.928. The Kier molecular flexibility index (Phi) is 7.46. The van der Waals surface area contributed by atoms with Crippen LogP contribution < -0.4 is 28.7 Å². The summed E-state index contributed by atoms with van der Waals surface area (Å²) >= 11 is 0. The molecule has 1 aliphatic heterocycles. The van der Waals surface area contributed by atoms with E-state index < -0.39 is 0 Å². The molecule has 0 aliphatic carbocycles. The maximum atomic E-state index is 12.4. The van der Waals surface area contributed by atoms with E-state index in [-0.39, 0.29) is 36.0 Å². The van der Waals surface area contributed by atoms with E-state index in [2.05, 4.69) is 31.3 Å². The van der Waals surface area contributed by atoms with Crippen LogP contribution in [0.5, 0.6) is 5.75 Å². The highest BCUT2D eigenvalue weighted by molar-refractivity contribution is 5.89. The summed E-state index contributed by atoms with van der Waals surface area (Å²) in [6.07, 6.45) is 2.46. The molecule has 2 aromatic carbocycles. The van der Waals surface area contributed by atoms with Gasteiger partial charge in [-0.1, -0.05) is 30.3 Å². The van der Waals surface area contributed by atoms with Gasteiger partial charge in [0.1, 0.15) is 18.4 Å². The lowest BCUT2D eigenvalue weighted by Crippen LogP contribution is -3.00. The molecule has 26 heavy (non-hydrogen) atoms. The molecular formula is C21H26INO3. The van der Waals surface area contributed by atoms with Crippen molar-refractivity contribution in [2.24, 2.45) is 0 Å². The summed E-state index contributed by atoms with van der Waals surface area (Å²) in [5, 5.41) is 0. The van der Waals surface area contributed by atoms with Crippen LogP contribution in [-0.2, 0) is 4.74 Å². The van der Waals surface area contributed by atoms with Crippen molar-refractivity contribution in [3.05, 3.63) is 65.7 Å². The van der Waals surface area contributed by atoms with Crippen LogP contribution in [0.2, 0.25) is 0 Å². The van der Waals surface area contributed by atoms with E-state index >= 15 is 0 Å². The van der Waals surface area contributed by atoms with Crippen LogP contribution in [0.3, 0.4) is 0 Å². The van der Waals surface area contributed by atoms with E-state index in [1.165, 1.54) is 18.4 Å². The Hall–Kier alpha value is -1.60. The molecule has 1 aliphatic rings. The monoisotopic (exact) mass is 467 g/mol. The summed E-state index contributed by atoms with van der Waals surface area (Å²) in [5.41, 5.74) is 1.78. The van der Waals surface area contributed by atoms with Gasteiger partial charge in [-0.2, -0.15) is 0 Å². The van der Waals surface area contributed by atoms with Crippen LogP contribution in [0.25, 0.3) is 0 Å². The summed E-state index contributed by atoms with van der Waals surface area (Å²) in [4.78, 5) is 12.4. The predicted molar refractivity (Wildman–Crippen MR) is 97.6 cm³/mol. The predicted octanol–water partition coefficient (Wildman–Crippen LogP) is 0.838. The van der Waals surface area contributed by atoms with Crippen LogP contribution >= 0.6 is 0 Å². The van der Waals surface area contributed by atoms with Gasteiger partial charge in [0.2, 0.25) is 0 Å². The molecule has 2 aromatic rings. The molecule has 5 heteroatoms. The zero-order chi connectivity index (χ0) is 17.7. The van der Waals surface area contributed by atoms with E-state index in [1.54, 1.807) is 31.4 Å². The van der Waals surface area contributed by atoms with Crippen molar-refractivity contribution in [1.82, 2.24) is 0 Å². The summed E-state index contributed by atoms with van der Waals surface area (Å²) in [5.74, 6) is 0.447. The minimum Gasteiger partial charge on any atom is -1.00 e. The normalized spacial score (nSPS) is 16.4. The van der Waals surface area contributed by atoms with E-state index in [4.69, 9.17) is 9.47 Å². The maximum Gasteiger partial charge on any atom is 0.338 e. The number of methoxy groups -OCH3 is 1. The van der Waals surface area contributed by atoms with E-state index in [0.29, 0.717) is 12.2 Å². The zero-order valence-corrected chi connectivity index (χ0v) is 17.5. The van der Waals surface area contributed by atoms with E-state index in [9.17, 15) is 4.79 Å². The summed E-state index contributed by atoms with van der Waals surface area (Å²) in [7, 11) is 3.88. The minimum atomic E-state index is -0.283. The molecule has 1 atom stereocenters. The van der Waals surface area contributed by atoms with Crippen molar-refractivity contribution in [3.63, 3.8) is 0 Å². The third-order valence-electron chi connectivity index (χ3n) is 5.22. The van der Waals surface area contributed by atoms with Gasteiger partial charge in [-0.25, -0.2) is 4.79 Å². The molecule has 0 spiro atoms. The third-order valence-corrected chi connectivity index (χ3v) is 5.22. The molecule has 0 saturated carbocycles. The number of nitrogens with zero attached hydrogens (tertiary/aromatic N) is 1. The van der Waals surface area contributed by atoms with Gasteiger partial charge in [0, 0.05) is 18.4 Å². The van der Waals surface area contributed by atoms with Gasteiger partial charge < -0.3 is 37.9 Å². The Balaban J connectivity index is 0.00000243. The van der Waals surface area contributed by atoms with Crippen molar-refractivity contribution in [1.29, 1.82) is 0 Å². The van der Waals surface area contributed by atoms with Crippen LogP contribution in [0.4, 0.5) is 0 Å². The number of esters is 1. The Morgan fingerprint density at radius 3 is 2.23 bits per heavy atom. The molecular weight excluding hydrogens is 441 g/mol. The number of quaternary nitrogens is 1. The largest absolute Gasteiger partial charge is 1.00 e. The number of ether oxygens (including phenoxy) is 2. The zero-order valence-electron chi connectivity index (χ0n) is 15.4. The third kappa shape index (κ3) is 4.76. The smallest absolute Gasteiger partial charge is 0.338 e. The van der Waals surface area contributed by atoms with Crippen molar-refractivity contribution >= 4 is 5.97 Å². The standard InChI is InChI=1S/C21H26NO3.HI/c1-22(14-6-7-15-22)20(17-8-4-3-5-9-17)16-25-21(23)18-10-12-19(24-2)13-11-18;/h3-5,8-13,20H,6-7,14-16H2,1-2H3;1H/q+1;/p-1. The first-order valence-corrected chi connectivity index (χ1v) is 8.83. The number of halogens is 1. The lowest BCUT2D eigenvalue weighted by Gasteiger charge is -2.37. The molecule has 3 rings (SSSR count). The second-order valence-corrected chi connectivity index (χ2v) is 6.89. The summed E-state index contributed by atoms with van der Waals surface area (Å²) < 4.78 is 11.8. The van der Waals surface area contributed by atoms with Crippen molar-refractivity contribution < 1.29 is 42.7 Å². The molecule has 1 saturated heterocycles. The molecule has 0 amide bonds. The van der Waals surface area contributed by atoms with Gasteiger partial charge >= 0.3 is 5.97 Å². The van der Waals surface area contributed by atoms with Gasteiger partial charge in [0.15, 0.2) is 0 Å². The topological polar surface area (TPSA) is 35.5 Å². The molecule has 140 valence electrons. The summed E-state index contributed by atoms with van der Waals surface area (Å²) in [6, 6.07) is 17.6. The highest BCUT2D eigenvalue weighted by atomic mass is 127. The fraction of sp³-hybridized carbons (Fsp3) is 0.381. The fourth-order valence-electron chi connectivity index (χ4n) is 3.65. The molecule has 0 radical (unpaired) electrons. The second-order valence-electron chi connectivity index (χ2n) is 6.89. The Bertz CT molecular complexity index is 697. The lowest BCUT2D eigenvalue weighted by atomic mass is 10.0. The van der Waals surface area contributed by atoms with Crippen LogP contribution in [0, 0.1) is 0 Å². The summed E-state index contributed by atoms with van der Waals surface area (Å²) in [6.45, 7) is 2.64. The minimum absolute atomic E-state index is 0. The number of hydrogen-bond acceptors (Lipinski definition) is 3. The van der Waals surface area contributed by atoms with Gasteiger partial charge in [-0.05, 0) is 24.3 Å². The highest BCUT2D eigenvalue weighted by Gasteiger charge is 2.37. The Morgan fingerprint density at radius 2 is 1.65 bits per heavy atom. The van der Waals surface area contributed by atoms with Gasteiger partial charge in [0.25, 0.3) is 0 Å². The molecule has 4 nitrogen and oxygen atoms in total. The average Bonchev–Trinajstić information content (AvgIpc) is 3.10. The van der Waals surface area contributed by atoms with Crippen molar-refractivity contribution in [2.75, 3.05) is 33.9 Å². The molecule has 0 N–H and O–H groups in total. The molecule has 1 unspecified atom stereocenters. The van der Waals surface area contributed by atoms with Crippen LogP contribution in [0.15, 0.2) is 54.6 Å². The van der Waals surface area contributed by atoms with Crippen LogP contribution in [-0.4, -0.2) is 44.3 Å². The van der Waals surface area contributed by atoms with E-state index in [1.807, 2.05) is 6.07 Å². The average molecular weight is 467 g/mol. The fourth-order valence-corrected chi connectivity index (χ4v) is 3.65. The second kappa shape index (κ2) is 9.37. The first-order chi connectivity index (χ1) is 12.1. The number of likely N-dealkylation sites (N-methyl/N-ethyl adjacent to an activating group) is 1. The number of likely N-dealkylation sites (tertiary alicyclic amines) is 1. The first-order valence-electron chi connectivity index (χ1n) is 8.83. The maximum absolute atomic E-state index is 12.4. The van der Waals surface area contributed by atoms with E-state index in [0.717, 1.165) is 23.3 Å². The first kappa shape index (κ1) is 20.7. The molecule has 0 bridgehead atoms. The Labute approximate surface area is 172 Å². The SMILES string of the molecule is COc1ccc(C(=O)OCC(c2ccccc2)[N+]2(C)CCCC2)cc1.[I-]. The van der Waals surface area contributed by atoms with Gasteiger partial charge in [0.05, 0.1) is 32.8 Å². The van der Waals surface area contributed by atoms with Gasteiger partial charge in [-0.3, -0.25) is 0 Å². The van der Waals surface area contributed by atoms with Crippen molar-refractivity contribution in [2.45, 2.75) is 18.9 Å². The number of rotatable bonds is 6. The quantitative estimate of drug-likeness (QED) is 0.359. The molecule has 1 heterocycles. The van der Waals surface area contributed by atoms with Crippen molar-refractivity contribution in [3.8, 4) is 5.75 Å². The number of carbonyl (C=O) groups excluding carboxylic acids is 1. The number of carbonyl (C=O) groups is 1. The Morgan fingerprint density at radius 1 is 1.04 bits per heavy atom. The molecule has 0 aromatic heterocycles. The molecule has 1 fully saturated rings. The van der Waals surface area contributed by atoms with Gasteiger partial charge in [-0.15, -0.1) is 0 Å². The number of hydrogen-bond donors (Lipinski definition) is 0. The highest BCUT2D eigenvalue weighted by Crippen LogP contribution is 2.32.